The predicted molar refractivity (Wildman–Crippen MR) is 206 cm³/mol. The van der Waals surface area contributed by atoms with Crippen molar-refractivity contribution in [2.75, 3.05) is 53.8 Å². The molecule has 1 N–H and O–H groups in total. The van der Waals surface area contributed by atoms with Gasteiger partial charge in [0.25, 0.3) is 5.91 Å². The van der Waals surface area contributed by atoms with E-state index in [4.69, 9.17) is 23.7 Å². The molecule has 9 nitrogen and oxygen atoms in total. The highest BCUT2D eigenvalue weighted by molar-refractivity contribution is 6.06. The second-order valence-electron chi connectivity index (χ2n) is 14.1. The molecule has 0 radical (unpaired) electrons. The van der Waals surface area contributed by atoms with Crippen LogP contribution in [0.2, 0.25) is 0 Å². The molecule has 4 heterocycles. The number of amides is 1. The lowest BCUT2D eigenvalue weighted by atomic mass is 9.87. The molecule has 272 valence electrons. The van der Waals surface area contributed by atoms with Crippen molar-refractivity contribution >= 4 is 11.6 Å². The van der Waals surface area contributed by atoms with Gasteiger partial charge in [-0.1, -0.05) is 36.4 Å². The van der Waals surface area contributed by atoms with Crippen LogP contribution in [0, 0.1) is 0 Å². The van der Waals surface area contributed by atoms with Crippen LogP contribution in [0.1, 0.15) is 55.8 Å². The quantitative estimate of drug-likeness (QED) is 0.195. The number of ether oxygens (including phenoxy) is 5. The third-order valence-electron chi connectivity index (χ3n) is 10.9. The lowest BCUT2D eigenvalue weighted by Gasteiger charge is -2.37. The Labute approximate surface area is 311 Å². The molecule has 0 saturated carbocycles. The molecule has 0 spiro atoms. The van der Waals surface area contributed by atoms with Gasteiger partial charge in [-0.3, -0.25) is 14.6 Å². The summed E-state index contributed by atoms with van der Waals surface area (Å²) in [6.45, 7) is 1.77. The van der Waals surface area contributed by atoms with Crippen LogP contribution in [0.25, 0.3) is 0 Å². The Bertz CT molecular complexity index is 2150. The number of likely N-dealkylation sites (N-methyl/N-ethyl adjacent to an activating group) is 2. The number of nitrogens with zero attached hydrogens (tertiary/aromatic N) is 2. The minimum Gasteiger partial charge on any atom is -0.493 e. The minimum absolute atomic E-state index is 0.00770. The van der Waals surface area contributed by atoms with E-state index in [2.05, 4.69) is 59.5 Å². The first-order valence-corrected chi connectivity index (χ1v) is 18.2. The van der Waals surface area contributed by atoms with Gasteiger partial charge in [0, 0.05) is 36.4 Å². The Kier molecular flexibility index (Phi) is 9.45. The topological polar surface area (TPSA) is 81.7 Å². The van der Waals surface area contributed by atoms with Crippen molar-refractivity contribution in [3.05, 3.63) is 130 Å². The van der Waals surface area contributed by atoms with Gasteiger partial charge >= 0.3 is 0 Å². The molecule has 6 bridgehead atoms. The fraction of sp³-hybridized carbons (Fsp3) is 0.295. The highest BCUT2D eigenvalue weighted by Crippen LogP contribution is 2.51. The minimum atomic E-state index is -0.229. The van der Waals surface area contributed by atoms with Gasteiger partial charge in [-0.05, 0) is 122 Å². The van der Waals surface area contributed by atoms with Gasteiger partial charge in [0.1, 0.15) is 11.5 Å². The smallest absolute Gasteiger partial charge is 0.259 e. The Morgan fingerprint density at radius 2 is 1.38 bits per heavy atom. The zero-order chi connectivity index (χ0) is 36.6. The van der Waals surface area contributed by atoms with Crippen molar-refractivity contribution < 1.29 is 28.5 Å². The van der Waals surface area contributed by atoms with Gasteiger partial charge in [-0.15, -0.1) is 0 Å². The molecule has 4 aliphatic heterocycles. The summed E-state index contributed by atoms with van der Waals surface area (Å²) >= 11 is 0. The molecule has 2 atom stereocenters. The highest BCUT2D eigenvalue weighted by atomic mass is 16.5. The molecule has 0 fully saturated rings. The number of carbonyl (C=O) groups is 1. The molecule has 9 rings (SSSR count). The Hall–Kier alpha value is -5.51. The van der Waals surface area contributed by atoms with Gasteiger partial charge in [-0.2, -0.15) is 0 Å². The van der Waals surface area contributed by atoms with Crippen LogP contribution in [0.15, 0.2) is 91.0 Å². The first-order chi connectivity index (χ1) is 25.8. The van der Waals surface area contributed by atoms with Crippen LogP contribution >= 0.6 is 0 Å². The Morgan fingerprint density at radius 3 is 2.11 bits per heavy atom. The largest absolute Gasteiger partial charge is 0.493 e. The molecule has 1 amide bonds. The number of benzene rings is 5. The summed E-state index contributed by atoms with van der Waals surface area (Å²) < 4.78 is 31.6. The molecule has 0 saturated heterocycles. The average molecular weight is 712 g/mol. The van der Waals surface area contributed by atoms with Crippen LogP contribution in [0.5, 0.6) is 40.2 Å². The summed E-state index contributed by atoms with van der Waals surface area (Å²) in [7, 11) is 9.34. The van der Waals surface area contributed by atoms with Gasteiger partial charge < -0.3 is 29.0 Å². The zero-order valence-corrected chi connectivity index (χ0v) is 30.9. The van der Waals surface area contributed by atoms with E-state index in [1.165, 1.54) is 16.7 Å². The molecule has 53 heavy (non-hydrogen) atoms. The van der Waals surface area contributed by atoms with Gasteiger partial charge in [0.15, 0.2) is 23.0 Å². The third kappa shape index (κ3) is 6.67. The summed E-state index contributed by atoms with van der Waals surface area (Å²) in [5, 5.41) is 3.04. The van der Waals surface area contributed by atoms with Crippen LogP contribution in [-0.2, 0) is 25.7 Å². The number of para-hydroxylation sites is 1. The number of rotatable bonds is 5. The van der Waals surface area contributed by atoms with E-state index in [1.807, 2.05) is 60.7 Å². The molecule has 0 aliphatic carbocycles. The fourth-order valence-corrected chi connectivity index (χ4v) is 8.03. The van der Waals surface area contributed by atoms with Crippen LogP contribution in [0.4, 0.5) is 5.69 Å². The normalized spacial score (nSPS) is 18.1. The maximum Gasteiger partial charge on any atom is 0.259 e. The molecule has 9 heteroatoms. The summed E-state index contributed by atoms with van der Waals surface area (Å²) in [5.74, 6) is 4.07. The standard InChI is InChI=1S/C44H45N3O6/c1-46-19-17-29-24-38(49-3)39-26-34(29)35(46)22-28-13-16-33(44(48)45-31-9-7-6-8-10-31)37(23-28)52-32-14-11-27(12-15-32)21-36-41-30(18-20-47(36)2)25-40(50-4)42(51-5)43(41)53-39/h6-16,23-26,35-36H,17-22H2,1-5H3,(H,45,48)/t35-,36+/m1/s1. The van der Waals surface area contributed by atoms with Crippen LogP contribution in [-0.4, -0.2) is 64.2 Å². The second kappa shape index (κ2) is 14.5. The molecular formula is C44H45N3O6. The first kappa shape index (κ1) is 34.6. The van der Waals surface area contributed by atoms with E-state index in [1.54, 1.807) is 21.3 Å². The van der Waals surface area contributed by atoms with Crippen LogP contribution in [0.3, 0.4) is 0 Å². The molecular weight excluding hydrogens is 666 g/mol. The summed E-state index contributed by atoms with van der Waals surface area (Å²) in [6.07, 6.45) is 3.14. The van der Waals surface area contributed by atoms with Crippen molar-refractivity contribution in [3.63, 3.8) is 0 Å². The second-order valence-corrected chi connectivity index (χ2v) is 14.1. The van der Waals surface area contributed by atoms with Gasteiger partial charge in [0.05, 0.1) is 26.9 Å². The zero-order valence-electron chi connectivity index (χ0n) is 30.9. The average Bonchev–Trinajstić information content (AvgIpc) is 3.17. The first-order valence-electron chi connectivity index (χ1n) is 18.2. The molecule has 5 aromatic carbocycles. The van der Waals surface area contributed by atoms with E-state index in [0.717, 1.165) is 54.7 Å². The van der Waals surface area contributed by atoms with Crippen molar-refractivity contribution in [2.45, 2.75) is 37.8 Å². The number of anilines is 1. The maximum absolute atomic E-state index is 13.7. The molecule has 0 aromatic heterocycles. The van der Waals surface area contributed by atoms with Crippen LogP contribution < -0.4 is 29.0 Å². The SMILES string of the molecule is COc1cc2c3cc1Oc1c(OC)c(OC)cc4c1[C@H](Cc1ccc(cc1)Oc1cc(ccc1C(=O)Nc1ccccc1)C[C@H]3N(C)CC2)N(C)CC4. The lowest BCUT2D eigenvalue weighted by molar-refractivity contribution is 0.102. The number of carbonyl (C=O) groups excluding carboxylic acids is 1. The number of hydrogen-bond donors (Lipinski definition) is 1. The number of fused-ring (bicyclic) bond motifs is 2. The predicted octanol–water partition coefficient (Wildman–Crippen LogP) is 8.41. The number of methoxy groups -OCH3 is 3. The van der Waals surface area contributed by atoms with E-state index in [0.29, 0.717) is 52.2 Å². The maximum atomic E-state index is 13.7. The van der Waals surface area contributed by atoms with E-state index < -0.39 is 0 Å². The van der Waals surface area contributed by atoms with E-state index in [-0.39, 0.29) is 18.0 Å². The van der Waals surface area contributed by atoms with Crippen molar-refractivity contribution in [1.29, 1.82) is 0 Å². The van der Waals surface area contributed by atoms with E-state index >= 15 is 0 Å². The van der Waals surface area contributed by atoms with Crippen molar-refractivity contribution in [2.24, 2.45) is 0 Å². The van der Waals surface area contributed by atoms with Crippen molar-refractivity contribution in [1.82, 2.24) is 9.80 Å². The Morgan fingerprint density at radius 1 is 0.698 bits per heavy atom. The van der Waals surface area contributed by atoms with Gasteiger partial charge in [0.2, 0.25) is 5.75 Å². The summed E-state index contributed by atoms with van der Waals surface area (Å²) in [6, 6.07) is 29.9. The summed E-state index contributed by atoms with van der Waals surface area (Å²) in [5.41, 5.74) is 8.01. The highest BCUT2D eigenvalue weighted by Gasteiger charge is 2.34. The monoisotopic (exact) mass is 711 g/mol. The summed E-state index contributed by atoms with van der Waals surface area (Å²) in [4.78, 5) is 18.4. The Balaban J connectivity index is 1.30. The third-order valence-corrected chi connectivity index (χ3v) is 10.9. The fourth-order valence-electron chi connectivity index (χ4n) is 8.03. The number of hydrogen-bond acceptors (Lipinski definition) is 8. The molecule has 4 aliphatic rings. The number of nitrogens with one attached hydrogen (secondary N) is 1. The van der Waals surface area contributed by atoms with Crippen molar-refractivity contribution in [3.8, 4) is 40.2 Å². The lowest BCUT2D eigenvalue weighted by Crippen LogP contribution is -2.34. The molecule has 5 aromatic rings. The van der Waals surface area contributed by atoms with Gasteiger partial charge in [-0.25, -0.2) is 0 Å². The van der Waals surface area contributed by atoms with E-state index in [9.17, 15) is 4.79 Å². The molecule has 0 unspecified atom stereocenters.